The number of aromatic nitrogens is 1. The first-order chi connectivity index (χ1) is 13.8. The molecular formula is C20H21Cl2N3O4. The van der Waals surface area contributed by atoms with E-state index in [1.165, 1.54) is 17.2 Å². The summed E-state index contributed by atoms with van der Waals surface area (Å²) in [6.07, 6.45) is 1.86. The highest BCUT2D eigenvalue weighted by Gasteiger charge is 2.19. The van der Waals surface area contributed by atoms with E-state index in [-0.39, 0.29) is 28.2 Å². The summed E-state index contributed by atoms with van der Waals surface area (Å²) in [5.74, 6) is -1.57. The number of hydrogen-bond acceptors (Lipinski definition) is 5. The minimum Gasteiger partial charge on any atom is -0.452 e. The number of esters is 1. The Morgan fingerprint density at radius 2 is 1.93 bits per heavy atom. The zero-order chi connectivity index (χ0) is 21.4. The number of carbonyl (C=O) groups is 3. The molecule has 29 heavy (non-hydrogen) atoms. The van der Waals surface area contributed by atoms with E-state index in [1.54, 1.807) is 6.07 Å². The molecule has 0 aliphatic carbocycles. The molecular weight excluding hydrogens is 417 g/mol. The van der Waals surface area contributed by atoms with Crippen LogP contribution in [0, 0.1) is 6.92 Å². The van der Waals surface area contributed by atoms with Gasteiger partial charge in [0.1, 0.15) is 5.15 Å². The van der Waals surface area contributed by atoms with E-state index in [0.717, 1.165) is 5.56 Å². The second kappa shape index (κ2) is 10.8. The van der Waals surface area contributed by atoms with Crippen molar-refractivity contribution in [3.63, 3.8) is 0 Å². The van der Waals surface area contributed by atoms with Crippen LogP contribution in [0.25, 0.3) is 0 Å². The number of pyridine rings is 1. The van der Waals surface area contributed by atoms with Gasteiger partial charge in [-0.05, 0) is 31.0 Å². The molecule has 1 aromatic carbocycles. The normalized spacial score (nSPS) is 10.3. The van der Waals surface area contributed by atoms with Gasteiger partial charge in [0.05, 0.1) is 17.1 Å². The van der Waals surface area contributed by atoms with Crippen molar-refractivity contribution < 1.29 is 19.1 Å². The smallest absolute Gasteiger partial charge is 0.340 e. The average molecular weight is 438 g/mol. The van der Waals surface area contributed by atoms with E-state index in [9.17, 15) is 14.4 Å². The zero-order valence-corrected chi connectivity index (χ0v) is 17.6. The third-order valence-electron chi connectivity index (χ3n) is 3.96. The summed E-state index contributed by atoms with van der Waals surface area (Å²) in [6, 6.07) is 8.65. The van der Waals surface area contributed by atoms with Crippen molar-refractivity contribution in [2.24, 2.45) is 0 Å². The van der Waals surface area contributed by atoms with Crippen LogP contribution in [0.5, 0.6) is 0 Å². The summed E-state index contributed by atoms with van der Waals surface area (Å²) in [6.45, 7) is 3.46. The van der Waals surface area contributed by atoms with E-state index in [2.05, 4.69) is 10.3 Å². The van der Waals surface area contributed by atoms with Crippen LogP contribution < -0.4 is 5.32 Å². The lowest BCUT2D eigenvalue weighted by Gasteiger charge is -2.21. The number of carbonyl (C=O) groups excluding carboxylic acids is 3. The number of anilines is 1. The Bertz CT molecular complexity index is 905. The quantitative estimate of drug-likeness (QED) is 0.501. The molecule has 2 rings (SSSR count). The van der Waals surface area contributed by atoms with Crippen LogP contribution in [0.2, 0.25) is 10.2 Å². The summed E-state index contributed by atoms with van der Waals surface area (Å²) in [5, 5.41) is 2.95. The van der Waals surface area contributed by atoms with E-state index < -0.39 is 18.5 Å². The second-order valence-corrected chi connectivity index (χ2v) is 7.02. The molecule has 0 radical (unpaired) electrons. The van der Waals surface area contributed by atoms with Crippen molar-refractivity contribution in [3.8, 4) is 0 Å². The van der Waals surface area contributed by atoms with E-state index in [1.807, 2.05) is 32.0 Å². The molecule has 0 saturated heterocycles. The average Bonchev–Trinajstić information content (AvgIpc) is 2.69. The number of hydrogen-bond donors (Lipinski definition) is 1. The fourth-order valence-electron chi connectivity index (χ4n) is 2.47. The molecule has 1 aromatic heterocycles. The van der Waals surface area contributed by atoms with Gasteiger partial charge in [0.2, 0.25) is 5.91 Å². The Balaban J connectivity index is 1.94. The molecule has 2 amide bonds. The maximum atomic E-state index is 12.5. The van der Waals surface area contributed by atoms with Crippen LogP contribution in [-0.2, 0) is 14.3 Å². The maximum Gasteiger partial charge on any atom is 0.340 e. The minimum atomic E-state index is -0.759. The first-order valence-corrected chi connectivity index (χ1v) is 9.68. The summed E-state index contributed by atoms with van der Waals surface area (Å²) in [7, 11) is 0. The molecule has 2 aromatic rings. The van der Waals surface area contributed by atoms with Crippen molar-refractivity contribution in [1.82, 2.24) is 9.88 Å². The van der Waals surface area contributed by atoms with Gasteiger partial charge in [0, 0.05) is 18.4 Å². The molecule has 0 fully saturated rings. The Morgan fingerprint density at radius 1 is 1.21 bits per heavy atom. The van der Waals surface area contributed by atoms with Crippen LogP contribution in [0.3, 0.4) is 0 Å². The number of ether oxygens (including phenoxy) is 1. The molecule has 7 nitrogen and oxygen atoms in total. The first-order valence-electron chi connectivity index (χ1n) is 8.93. The Hall–Kier alpha value is -2.64. The number of rotatable bonds is 8. The third-order valence-corrected chi connectivity index (χ3v) is 4.64. The van der Waals surface area contributed by atoms with Gasteiger partial charge in [-0.3, -0.25) is 9.59 Å². The highest BCUT2D eigenvalue weighted by Crippen LogP contribution is 2.20. The van der Waals surface area contributed by atoms with Crippen molar-refractivity contribution in [1.29, 1.82) is 0 Å². The lowest BCUT2D eigenvalue weighted by molar-refractivity contribution is -0.137. The molecule has 0 atom stereocenters. The fraction of sp³-hybridized carbons (Fsp3) is 0.300. The van der Waals surface area contributed by atoms with Gasteiger partial charge in [-0.15, -0.1) is 0 Å². The fourth-order valence-corrected chi connectivity index (χ4v) is 2.74. The molecule has 0 bridgehead atoms. The lowest BCUT2D eigenvalue weighted by Crippen LogP contribution is -2.40. The molecule has 9 heteroatoms. The molecule has 0 unspecified atom stereocenters. The number of aryl methyl sites for hydroxylation is 1. The number of benzene rings is 1. The van der Waals surface area contributed by atoms with Crippen molar-refractivity contribution in [2.75, 3.05) is 25.0 Å². The first kappa shape index (κ1) is 22.6. The van der Waals surface area contributed by atoms with Crippen LogP contribution in [0.1, 0.15) is 29.3 Å². The monoisotopic (exact) mass is 437 g/mol. The number of nitrogens with one attached hydrogen (secondary N) is 1. The van der Waals surface area contributed by atoms with E-state index in [4.69, 9.17) is 27.9 Å². The van der Waals surface area contributed by atoms with Gasteiger partial charge in [-0.1, -0.05) is 48.3 Å². The summed E-state index contributed by atoms with van der Waals surface area (Å²) in [5.41, 5.74) is 1.67. The predicted octanol–water partition coefficient (Wildman–Crippen LogP) is 3.73. The minimum absolute atomic E-state index is 0.0630. The standard InChI is InChI=1S/C20H21Cl2N3O4/c1-3-8-25(11-17(26)24-16-7-5-4-6-13(16)2)18(27)12-29-20(28)14-9-15(21)19(22)23-10-14/h4-7,9-10H,3,8,11-12H2,1-2H3,(H,24,26). The van der Waals surface area contributed by atoms with Crippen LogP contribution >= 0.6 is 23.2 Å². The van der Waals surface area contributed by atoms with Gasteiger partial charge in [0.25, 0.3) is 5.91 Å². The van der Waals surface area contributed by atoms with Crippen LogP contribution in [0.15, 0.2) is 36.5 Å². The van der Waals surface area contributed by atoms with Crippen molar-refractivity contribution in [2.45, 2.75) is 20.3 Å². The van der Waals surface area contributed by atoms with Gasteiger partial charge in [-0.25, -0.2) is 9.78 Å². The van der Waals surface area contributed by atoms with E-state index in [0.29, 0.717) is 18.7 Å². The predicted molar refractivity (Wildman–Crippen MR) is 111 cm³/mol. The maximum absolute atomic E-state index is 12.5. The van der Waals surface area contributed by atoms with Gasteiger partial charge < -0.3 is 15.0 Å². The van der Waals surface area contributed by atoms with Crippen molar-refractivity contribution in [3.05, 3.63) is 57.8 Å². The van der Waals surface area contributed by atoms with Crippen molar-refractivity contribution >= 4 is 46.7 Å². The highest BCUT2D eigenvalue weighted by atomic mass is 35.5. The second-order valence-electron chi connectivity index (χ2n) is 6.25. The molecule has 0 saturated carbocycles. The number of para-hydroxylation sites is 1. The zero-order valence-electron chi connectivity index (χ0n) is 16.1. The van der Waals surface area contributed by atoms with Crippen LogP contribution in [-0.4, -0.2) is 47.4 Å². The topological polar surface area (TPSA) is 88.6 Å². The molecule has 1 heterocycles. The summed E-state index contributed by atoms with van der Waals surface area (Å²) in [4.78, 5) is 42.0. The highest BCUT2D eigenvalue weighted by molar-refractivity contribution is 6.41. The third kappa shape index (κ3) is 6.73. The largest absolute Gasteiger partial charge is 0.452 e. The Morgan fingerprint density at radius 3 is 2.59 bits per heavy atom. The molecule has 0 aliphatic rings. The molecule has 0 spiro atoms. The molecule has 0 aliphatic heterocycles. The lowest BCUT2D eigenvalue weighted by atomic mass is 10.2. The number of halogens is 2. The SMILES string of the molecule is CCCN(CC(=O)Nc1ccccc1C)C(=O)COC(=O)c1cnc(Cl)c(Cl)c1. The summed E-state index contributed by atoms with van der Waals surface area (Å²) < 4.78 is 5.03. The Kier molecular flexibility index (Phi) is 8.42. The molecule has 154 valence electrons. The van der Waals surface area contributed by atoms with Gasteiger partial charge in [-0.2, -0.15) is 0 Å². The molecule has 1 N–H and O–H groups in total. The van der Waals surface area contributed by atoms with Gasteiger partial charge >= 0.3 is 5.97 Å². The number of nitrogens with zero attached hydrogens (tertiary/aromatic N) is 2. The van der Waals surface area contributed by atoms with E-state index >= 15 is 0 Å². The number of amides is 2. The summed E-state index contributed by atoms with van der Waals surface area (Å²) >= 11 is 11.5. The van der Waals surface area contributed by atoms with Crippen LogP contribution in [0.4, 0.5) is 5.69 Å². The Labute approximate surface area is 179 Å². The van der Waals surface area contributed by atoms with Gasteiger partial charge in [0.15, 0.2) is 6.61 Å².